The van der Waals surface area contributed by atoms with E-state index in [1.54, 1.807) is 13.8 Å². The minimum atomic E-state index is -3.56. The molecule has 17 heavy (non-hydrogen) atoms. The molecule has 0 aliphatic heterocycles. The Balaban J connectivity index is 3.01. The maximum Gasteiger partial charge on any atom is 0.240 e. The minimum Gasteiger partial charge on any atom is -0.208 e. The van der Waals surface area contributed by atoms with E-state index in [1.807, 2.05) is 13.8 Å². The zero-order chi connectivity index (χ0) is 13.2. The fourth-order valence-corrected chi connectivity index (χ4v) is 2.71. The Labute approximate surface area is 102 Å². The molecule has 0 aliphatic rings. The predicted octanol–water partition coefficient (Wildman–Crippen LogP) is 2.46. The molecule has 0 saturated heterocycles. The molecule has 0 fully saturated rings. The third-order valence-corrected chi connectivity index (χ3v) is 4.34. The van der Waals surface area contributed by atoms with Gasteiger partial charge in [-0.3, -0.25) is 0 Å². The normalized spacial score (nSPS) is 14.0. The van der Waals surface area contributed by atoms with E-state index in [4.69, 9.17) is 0 Å². The van der Waals surface area contributed by atoms with Crippen molar-refractivity contribution in [1.29, 1.82) is 0 Å². The fraction of sp³-hybridized carbons (Fsp3) is 0.500. The number of benzene rings is 1. The molecule has 1 aromatic rings. The first-order chi connectivity index (χ1) is 7.74. The Morgan fingerprint density at radius 1 is 1.24 bits per heavy atom. The summed E-state index contributed by atoms with van der Waals surface area (Å²) in [5.74, 6) is -0.202. The van der Waals surface area contributed by atoms with Crippen LogP contribution in [0.3, 0.4) is 0 Å². The number of hydrogen-bond acceptors (Lipinski definition) is 2. The second-order valence-corrected chi connectivity index (χ2v) is 6.28. The van der Waals surface area contributed by atoms with E-state index in [0.29, 0.717) is 5.56 Å². The molecule has 96 valence electrons. The third-order valence-electron chi connectivity index (χ3n) is 2.78. The van der Waals surface area contributed by atoms with Gasteiger partial charge in [-0.15, -0.1) is 0 Å². The van der Waals surface area contributed by atoms with Crippen LogP contribution < -0.4 is 4.72 Å². The number of rotatable bonds is 4. The average Bonchev–Trinajstić information content (AvgIpc) is 2.21. The molecule has 1 aromatic carbocycles. The lowest BCUT2D eigenvalue weighted by molar-refractivity contribution is 0.476. The van der Waals surface area contributed by atoms with Crippen molar-refractivity contribution in [2.24, 2.45) is 5.92 Å². The molecule has 0 aromatic heterocycles. The number of sulfonamides is 1. The third kappa shape index (κ3) is 3.51. The molecule has 0 heterocycles. The van der Waals surface area contributed by atoms with E-state index in [9.17, 15) is 12.8 Å². The lowest BCUT2D eigenvalue weighted by Gasteiger charge is -2.17. The van der Waals surface area contributed by atoms with Gasteiger partial charge in [0.1, 0.15) is 5.82 Å². The topological polar surface area (TPSA) is 46.2 Å². The highest BCUT2D eigenvalue weighted by molar-refractivity contribution is 7.89. The number of aryl methyl sites for hydroxylation is 1. The van der Waals surface area contributed by atoms with Crippen molar-refractivity contribution in [2.75, 3.05) is 0 Å². The van der Waals surface area contributed by atoms with Crippen LogP contribution in [0, 0.1) is 18.7 Å². The van der Waals surface area contributed by atoms with Crippen molar-refractivity contribution >= 4 is 10.0 Å². The maximum absolute atomic E-state index is 13.1. The first-order valence-electron chi connectivity index (χ1n) is 5.52. The Morgan fingerprint density at radius 3 is 2.29 bits per heavy atom. The number of halogens is 1. The van der Waals surface area contributed by atoms with E-state index in [0.717, 1.165) is 0 Å². The molecule has 1 rings (SSSR count). The van der Waals surface area contributed by atoms with Crippen LogP contribution in [0.25, 0.3) is 0 Å². The molecule has 1 atom stereocenters. The predicted molar refractivity (Wildman–Crippen MR) is 65.8 cm³/mol. The molecule has 0 radical (unpaired) electrons. The molecule has 5 heteroatoms. The molecule has 3 nitrogen and oxygen atoms in total. The van der Waals surface area contributed by atoms with E-state index in [1.165, 1.54) is 18.2 Å². The summed E-state index contributed by atoms with van der Waals surface area (Å²) in [6.45, 7) is 7.21. The number of nitrogens with one attached hydrogen (secondary N) is 1. The zero-order valence-electron chi connectivity index (χ0n) is 10.5. The molecular formula is C12H18FNO2S. The largest absolute Gasteiger partial charge is 0.240 e. The molecule has 0 aliphatic carbocycles. The van der Waals surface area contributed by atoms with E-state index < -0.39 is 15.8 Å². The summed E-state index contributed by atoms with van der Waals surface area (Å²) >= 11 is 0. The molecule has 0 spiro atoms. The molecule has 0 unspecified atom stereocenters. The number of hydrogen-bond donors (Lipinski definition) is 1. The summed E-state index contributed by atoms with van der Waals surface area (Å²) in [6, 6.07) is 3.62. The summed E-state index contributed by atoms with van der Waals surface area (Å²) < 4.78 is 39.6. The monoisotopic (exact) mass is 259 g/mol. The molecule has 0 amide bonds. The second-order valence-electron chi connectivity index (χ2n) is 4.56. The van der Waals surface area contributed by atoms with Crippen molar-refractivity contribution in [3.05, 3.63) is 29.6 Å². The van der Waals surface area contributed by atoms with Crippen LogP contribution in [0.15, 0.2) is 23.1 Å². The van der Waals surface area contributed by atoms with Crippen LogP contribution in [-0.4, -0.2) is 14.5 Å². The van der Waals surface area contributed by atoms with Crippen molar-refractivity contribution in [3.8, 4) is 0 Å². The average molecular weight is 259 g/mol. The van der Waals surface area contributed by atoms with Crippen LogP contribution in [0.5, 0.6) is 0 Å². The van der Waals surface area contributed by atoms with Gasteiger partial charge in [0.05, 0.1) is 4.90 Å². The van der Waals surface area contributed by atoms with Crippen LogP contribution in [0.2, 0.25) is 0 Å². The molecular weight excluding hydrogens is 241 g/mol. The van der Waals surface area contributed by atoms with Crippen molar-refractivity contribution in [3.63, 3.8) is 0 Å². The molecule has 0 saturated carbocycles. The second kappa shape index (κ2) is 5.14. The van der Waals surface area contributed by atoms with Gasteiger partial charge in [-0.2, -0.15) is 0 Å². The van der Waals surface area contributed by atoms with Crippen LogP contribution in [-0.2, 0) is 10.0 Å². The highest BCUT2D eigenvalue weighted by atomic mass is 32.2. The standard InChI is InChI=1S/C12H18FNO2S/c1-8(2)10(4)14-17(15,16)11-5-6-12(13)9(3)7-11/h5-8,10,14H,1-4H3/t10-/m0/s1. The van der Waals surface area contributed by atoms with Gasteiger partial charge >= 0.3 is 0 Å². The van der Waals surface area contributed by atoms with Gasteiger partial charge in [0.2, 0.25) is 10.0 Å². The smallest absolute Gasteiger partial charge is 0.208 e. The van der Waals surface area contributed by atoms with Crippen LogP contribution in [0.1, 0.15) is 26.3 Å². The Bertz CT molecular complexity index is 497. The summed E-state index contributed by atoms with van der Waals surface area (Å²) in [4.78, 5) is 0.101. The first kappa shape index (κ1) is 14.1. The Morgan fingerprint density at radius 2 is 1.82 bits per heavy atom. The van der Waals surface area contributed by atoms with Crippen molar-refractivity contribution < 1.29 is 12.8 Å². The van der Waals surface area contributed by atoms with E-state index in [-0.39, 0.29) is 16.9 Å². The van der Waals surface area contributed by atoms with Gasteiger partial charge in [-0.1, -0.05) is 13.8 Å². The highest BCUT2D eigenvalue weighted by Gasteiger charge is 2.19. The lowest BCUT2D eigenvalue weighted by atomic mass is 10.1. The van der Waals surface area contributed by atoms with Gasteiger partial charge in [-0.25, -0.2) is 17.5 Å². The van der Waals surface area contributed by atoms with Gasteiger partial charge in [0, 0.05) is 6.04 Å². The van der Waals surface area contributed by atoms with Gasteiger partial charge in [0.15, 0.2) is 0 Å². The highest BCUT2D eigenvalue weighted by Crippen LogP contribution is 2.15. The summed E-state index contributed by atoms with van der Waals surface area (Å²) in [6.07, 6.45) is 0. The Kier molecular flexibility index (Phi) is 4.27. The van der Waals surface area contributed by atoms with Crippen LogP contribution in [0.4, 0.5) is 4.39 Å². The minimum absolute atomic E-state index is 0.101. The van der Waals surface area contributed by atoms with E-state index in [2.05, 4.69) is 4.72 Å². The van der Waals surface area contributed by atoms with E-state index >= 15 is 0 Å². The van der Waals surface area contributed by atoms with Gasteiger partial charge in [-0.05, 0) is 43.5 Å². The first-order valence-corrected chi connectivity index (χ1v) is 7.01. The van der Waals surface area contributed by atoms with Gasteiger partial charge in [0.25, 0.3) is 0 Å². The van der Waals surface area contributed by atoms with Gasteiger partial charge < -0.3 is 0 Å². The summed E-state index contributed by atoms with van der Waals surface area (Å²) in [5, 5.41) is 0. The Hall–Kier alpha value is -0.940. The maximum atomic E-state index is 13.1. The summed E-state index contributed by atoms with van der Waals surface area (Å²) in [5.41, 5.74) is 0.324. The van der Waals surface area contributed by atoms with Crippen molar-refractivity contribution in [2.45, 2.75) is 38.6 Å². The molecule has 1 N–H and O–H groups in total. The lowest BCUT2D eigenvalue weighted by Crippen LogP contribution is -2.36. The quantitative estimate of drug-likeness (QED) is 0.902. The summed E-state index contributed by atoms with van der Waals surface area (Å²) in [7, 11) is -3.56. The van der Waals surface area contributed by atoms with Crippen LogP contribution >= 0.6 is 0 Å². The van der Waals surface area contributed by atoms with Crippen molar-refractivity contribution in [1.82, 2.24) is 4.72 Å². The SMILES string of the molecule is Cc1cc(S(=O)(=O)N[C@@H](C)C(C)C)ccc1F. The zero-order valence-corrected chi connectivity index (χ0v) is 11.3. The molecule has 0 bridgehead atoms. The fourth-order valence-electron chi connectivity index (χ4n) is 1.23.